The summed E-state index contributed by atoms with van der Waals surface area (Å²) in [5.74, 6) is -0.192. The van der Waals surface area contributed by atoms with Crippen LogP contribution in [-0.2, 0) is 13.0 Å². The van der Waals surface area contributed by atoms with E-state index in [1.807, 2.05) is 26.0 Å². The quantitative estimate of drug-likeness (QED) is 0.533. The van der Waals surface area contributed by atoms with Crippen molar-refractivity contribution in [3.8, 4) is 0 Å². The van der Waals surface area contributed by atoms with Crippen molar-refractivity contribution in [2.75, 3.05) is 0 Å². The summed E-state index contributed by atoms with van der Waals surface area (Å²) in [4.78, 5) is 21.6. The van der Waals surface area contributed by atoms with Crippen LogP contribution in [0.5, 0.6) is 0 Å². The Morgan fingerprint density at radius 2 is 1.77 bits per heavy atom. The zero-order valence-corrected chi connectivity index (χ0v) is 18.7. The van der Waals surface area contributed by atoms with Gasteiger partial charge in [-0.2, -0.15) is 5.10 Å². The number of carbonyl (C=O) groups excluding carboxylic acids is 1. The molecule has 3 aromatic heterocycles. The molecule has 4 aromatic rings. The number of nitrogens with one attached hydrogen (secondary N) is 1. The molecule has 0 fully saturated rings. The van der Waals surface area contributed by atoms with Crippen LogP contribution in [0.2, 0.25) is 0 Å². The van der Waals surface area contributed by atoms with E-state index < -0.39 is 0 Å². The van der Waals surface area contributed by atoms with E-state index in [1.54, 1.807) is 23.1 Å². The average molecular weight is 414 g/mol. The second-order valence-electron chi connectivity index (χ2n) is 8.15. The van der Waals surface area contributed by atoms with Crippen LogP contribution in [0, 0.1) is 34.6 Å². The summed E-state index contributed by atoms with van der Waals surface area (Å²) in [5, 5.41) is 7.41. The second kappa shape index (κ2) is 8.30. The normalized spacial score (nSPS) is 11.1. The monoisotopic (exact) mass is 413 g/mol. The Bertz CT molecular complexity index is 1250. The van der Waals surface area contributed by atoms with E-state index in [9.17, 15) is 4.79 Å². The Labute approximate surface area is 182 Å². The van der Waals surface area contributed by atoms with E-state index in [4.69, 9.17) is 4.98 Å². The van der Waals surface area contributed by atoms with E-state index in [2.05, 4.69) is 48.3 Å². The maximum atomic E-state index is 12.8. The molecule has 3 heterocycles. The molecular weight excluding hydrogens is 386 g/mol. The number of fused-ring (bicyclic) bond motifs is 1. The number of pyridine rings is 1. The van der Waals surface area contributed by atoms with Crippen LogP contribution >= 0.6 is 0 Å². The highest BCUT2D eigenvalue weighted by Gasteiger charge is 2.19. The minimum atomic E-state index is -0.192. The van der Waals surface area contributed by atoms with E-state index in [-0.39, 0.29) is 5.91 Å². The molecule has 0 saturated carbocycles. The van der Waals surface area contributed by atoms with Crippen LogP contribution in [0.4, 0.5) is 0 Å². The highest BCUT2D eigenvalue weighted by atomic mass is 16.1. The average Bonchev–Trinajstić information content (AvgIpc) is 3.15. The van der Waals surface area contributed by atoms with Crippen molar-refractivity contribution in [2.24, 2.45) is 0 Å². The van der Waals surface area contributed by atoms with Gasteiger partial charge in [0.15, 0.2) is 5.65 Å². The third kappa shape index (κ3) is 4.06. The summed E-state index contributed by atoms with van der Waals surface area (Å²) in [6.45, 7) is 10.9. The van der Waals surface area contributed by atoms with Crippen molar-refractivity contribution in [1.82, 2.24) is 24.9 Å². The van der Waals surface area contributed by atoms with E-state index in [0.29, 0.717) is 17.8 Å². The number of rotatable bonds is 5. The van der Waals surface area contributed by atoms with Crippen LogP contribution in [0.15, 0.2) is 42.9 Å². The molecule has 1 amide bonds. The maximum absolute atomic E-state index is 12.8. The number of carbonyl (C=O) groups is 1. The van der Waals surface area contributed by atoms with Crippen molar-refractivity contribution >= 4 is 11.6 Å². The van der Waals surface area contributed by atoms with E-state index in [0.717, 1.165) is 28.9 Å². The largest absolute Gasteiger partial charge is 0.348 e. The van der Waals surface area contributed by atoms with Gasteiger partial charge in [-0.15, -0.1) is 0 Å². The minimum Gasteiger partial charge on any atom is -0.348 e. The van der Waals surface area contributed by atoms with Crippen LogP contribution in [0.25, 0.3) is 5.65 Å². The van der Waals surface area contributed by atoms with Crippen LogP contribution in [-0.4, -0.2) is 25.5 Å². The van der Waals surface area contributed by atoms with Gasteiger partial charge in [0, 0.05) is 36.7 Å². The molecule has 0 spiro atoms. The summed E-state index contributed by atoms with van der Waals surface area (Å²) in [6.07, 6.45) is 5.84. The number of benzene rings is 1. The van der Waals surface area contributed by atoms with Gasteiger partial charge >= 0.3 is 0 Å². The topological polar surface area (TPSA) is 72.2 Å². The standard InChI is InChI=1S/C25H27N5O/c1-15-9-16(2)21(17(3)10-15)11-22-18(4)29-24-23(14-28-30(24)19(22)5)25(31)27-13-20-7-6-8-26-12-20/h6-10,12,14H,11,13H2,1-5H3,(H,27,31). The van der Waals surface area contributed by atoms with Gasteiger partial charge in [0.25, 0.3) is 5.91 Å². The van der Waals surface area contributed by atoms with E-state index >= 15 is 0 Å². The molecule has 0 unspecified atom stereocenters. The number of aromatic nitrogens is 4. The number of hydrogen-bond donors (Lipinski definition) is 1. The molecule has 1 aromatic carbocycles. The molecule has 0 atom stereocenters. The fraction of sp³-hybridized carbons (Fsp3) is 0.280. The van der Waals surface area contributed by atoms with Crippen molar-refractivity contribution in [1.29, 1.82) is 0 Å². The van der Waals surface area contributed by atoms with Gasteiger partial charge in [-0.3, -0.25) is 9.78 Å². The molecule has 158 valence electrons. The molecule has 1 N–H and O–H groups in total. The highest BCUT2D eigenvalue weighted by Crippen LogP contribution is 2.24. The molecular formula is C25H27N5O. The Balaban J connectivity index is 1.65. The Hall–Kier alpha value is -3.54. The lowest BCUT2D eigenvalue weighted by atomic mass is 9.93. The fourth-order valence-electron chi connectivity index (χ4n) is 4.17. The van der Waals surface area contributed by atoms with Gasteiger partial charge in [-0.05, 0) is 68.5 Å². The predicted molar refractivity (Wildman–Crippen MR) is 121 cm³/mol. The Morgan fingerprint density at radius 1 is 1.03 bits per heavy atom. The lowest BCUT2D eigenvalue weighted by Gasteiger charge is -2.15. The van der Waals surface area contributed by atoms with Gasteiger partial charge in [0.05, 0.1) is 6.20 Å². The zero-order chi connectivity index (χ0) is 22.1. The third-order valence-corrected chi connectivity index (χ3v) is 5.82. The van der Waals surface area contributed by atoms with Crippen LogP contribution in [0.3, 0.4) is 0 Å². The van der Waals surface area contributed by atoms with Gasteiger partial charge in [-0.25, -0.2) is 9.50 Å². The number of aryl methyl sites for hydroxylation is 5. The first-order valence-corrected chi connectivity index (χ1v) is 10.4. The lowest BCUT2D eigenvalue weighted by molar-refractivity contribution is 0.0952. The minimum absolute atomic E-state index is 0.192. The smallest absolute Gasteiger partial charge is 0.257 e. The molecule has 0 aliphatic rings. The SMILES string of the molecule is Cc1cc(C)c(Cc2c(C)nc3c(C(=O)NCc4cccnc4)cnn3c2C)c(C)c1. The summed E-state index contributed by atoms with van der Waals surface area (Å²) in [7, 11) is 0. The Morgan fingerprint density at radius 3 is 2.45 bits per heavy atom. The predicted octanol–water partition coefficient (Wildman–Crippen LogP) is 4.19. The first kappa shape index (κ1) is 20.7. The molecule has 6 nitrogen and oxygen atoms in total. The number of hydrogen-bond acceptors (Lipinski definition) is 4. The van der Waals surface area contributed by atoms with Crippen LogP contribution in [0.1, 0.15) is 55.1 Å². The van der Waals surface area contributed by atoms with Gasteiger partial charge in [0.2, 0.25) is 0 Å². The lowest BCUT2D eigenvalue weighted by Crippen LogP contribution is -2.23. The van der Waals surface area contributed by atoms with Crippen molar-refractivity contribution < 1.29 is 4.79 Å². The molecule has 31 heavy (non-hydrogen) atoms. The van der Waals surface area contributed by atoms with Gasteiger partial charge < -0.3 is 5.32 Å². The Kier molecular flexibility index (Phi) is 5.55. The molecule has 4 rings (SSSR count). The number of nitrogens with zero attached hydrogens (tertiary/aromatic N) is 4. The van der Waals surface area contributed by atoms with Crippen molar-refractivity contribution in [2.45, 2.75) is 47.6 Å². The highest BCUT2D eigenvalue weighted by molar-refractivity contribution is 5.99. The van der Waals surface area contributed by atoms with Crippen molar-refractivity contribution in [3.63, 3.8) is 0 Å². The van der Waals surface area contributed by atoms with Gasteiger partial charge in [0.1, 0.15) is 5.56 Å². The van der Waals surface area contributed by atoms with Gasteiger partial charge in [-0.1, -0.05) is 23.8 Å². The van der Waals surface area contributed by atoms with Crippen molar-refractivity contribution in [3.05, 3.63) is 93.2 Å². The summed E-state index contributed by atoms with van der Waals surface area (Å²) in [6, 6.07) is 8.22. The number of amides is 1. The molecule has 0 radical (unpaired) electrons. The molecule has 0 saturated heterocycles. The first-order valence-electron chi connectivity index (χ1n) is 10.4. The molecule has 6 heteroatoms. The summed E-state index contributed by atoms with van der Waals surface area (Å²) < 4.78 is 1.78. The molecule has 0 aliphatic carbocycles. The first-order chi connectivity index (χ1) is 14.8. The summed E-state index contributed by atoms with van der Waals surface area (Å²) >= 11 is 0. The van der Waals surface area contributed by atoms with E-state index in [1.165, 1.54) is 22.3 Å². The summed E-state index contributed by atoms with van der Waals surface area (Å²) in [5.41, 5.74) is 10.2. The molecule has 0 bridgehead atoms. The fourth-order valence-corrected chi connectivity index (χ4v) is 4.17. The maximum Gasteiger partial charge on any atom is 0.257 e. The zero-order valence-electron chi connectivity index (χ0n) is 18.7. The van der Waals surface area contributed by atoms with Crippen LogP contribution < -0.4 is 5.32 Å². The molecule has 0 aliphatic heterocycles. The third-order valence-electron chi connectivity index (χ3n) is 5.82. The second-order valence-corrected chi connectivity index (χ2v) is 8.15.